The molecule has 170 valence electrons. The van der Waals surface area contributed by atoms with Crippen molar-refractivity contribution in [2.45, 2.75) is 26.2 Å². The third-order valence-electron chi connectivity index (χ3n) is 5.24. The number of unbranched alkanes of at least 4 members (excludes halogenated alkanes) is 1. The molecular weight excluding hydrogens is 471 g/mol. The predicted octanol–water partition coefficient (Wildman–Crippen LogP) is 4.89. The van der Waals surface area contributed by atoms with Gasteiger partial charge in [0.25, 0.3) is 5.91 Å². The number of nitriles is 1. The summed E-state index contributed by atoms with van der Waals surface area (Å²) in [7, 11) is -1.52. The minimum Gasteiger partial charge on any atom is -0.375 e. The van der Waals surface area contributed by atoms with E-state index in [9.17, 15) is 18.5 Å². The minimum atomic E-state index is -3.44. The Labute approximate surface area is 198 Å². The van der Waals surface area contributed by atoms with Gasteiger partial charge in [0.05, 0.1) is 38.7 Å². The molecule has 0 unspecified atom stereocenters. The lowest BCUT2D eigenvalue weighted by Gasteiger charge is -2.21. The summed E-state index contributed by atoms with van der Waals surface area (Å²) in [6.07, 6.45) is 2.53. The van der Waals surface area contributed by atoms with Gasteiger partial charge < -0.3 is 10.2 Å². The molecule has 1 aliphatic heterocycles. The van der Waals surface area contributed by atoms with Gasteiger partial charge in [-0.05, 0) is 43.2 Å². The van der Waals surface area contributed by atoms with E-state index in [1.54, 1.807) is 18.2 Å². The predicted molar refractivity (Wildman–Crippen MR) is 130 cm³/mol. The Morgan fingerprint density at radius 3 is 2.62 bits per heavy atom. The lowest BCUT2D eigenvalue weighted by molar-refractivity contribution is 0.102. The van der Waals surface area contributed by atoms with Crippen molar-refractivity contribution in [1.29, 1.82) is 5.26 Å². The van der Waals surface area contributed by atoms with E-state index in [-0.39, 0.29) is 21.4 Å². The molecule has 0 aromatic heterocycles. The molecule has 0 radical (unpaired) electrons. The van der Waals surface area contributed by atoms with Crippen LogP contribution in [0.1, 0.15) is 42.1 Å². The molecule has 1 aliphatic rings. The summed E-state index contributed by atoms with van der Waals surface area (Å²) < 4.78 is 25.8. The summed E-state index contributed by atoms with van der Waals surface area (Å²) in [5.41, 5.74) is 1.99. The van der Waals surface area contributed by atoms with Crippen molar-refractivity contribution in [3.05, 3.63) is 51.5 Å². The topological polar surface area (TPSA) is 93.5 Å². The average Bonchev–Trinajstić information content (AvgIpc) is 3.12. The SMILES string of the molecule is CCCCN(C)c1cc(C#N)cc(NC(=O)c2cc(N3CCCS3(=O)=O)cc(Cl)c2Cl)c1. The van der Waals surface area contributed by atoms with E-state index in [1.807, 2.05) is 11.9 Å². The van der Waals surface area contributed by atoms with Crippen molar-refractivity contribution < 1.29 is 13.2 Å². The summed E-state index contributed by atoms with van der Waals surface area (Å²) >= 11 is 12.5. The second kappa shape index (κ2) is 9.99. The van der Waals surface area contributed by atoms with Gasteiger partial charge in [-0.1, -0.05) is 36.5 Å². The number of amides is 1. The fraction of sp³-hybridized carbons (Fsp3) is 0.364. The standard InChI is InChI=1S/C22H24Cl2N4O3S/c1-3-4-6-27(2)17-10-15(14-25)9-16(11-17)26-22(29)19-12-18(13-20(23)21(19)24)28-7-5-8-32(28,30)31/h9-13H,3-8H2,1-2H3,(H,26,29). The number of nitrogens with zero attached hydrogens (tertiary/aromatic N) is 3. The number of hydrogen-bond donors (Lipinski definition) is 1. The van der Waals surface area contributed by atoms with Gasteiger partial charge >= 0.3 is 0 Å². The number of carbonyl (C=O) groups excluding carboxylic acids is 1. The molecule has 1 saturated heterocycles. The van der Waals surface area contributed by atoms with Crippen LogP contribution in [-0.4, -0.2) is 40.2 Å². The number of hydrogen-bond acceptors (Lipinski definition) is 5. The summed E-state index contributed by atoms with van der Waals surface area (Å²) in [4.78, 5) is 15.1. The van der Waals surface area contributed by atoms with Crippen molar-refractivity contribution >= 4 is 56.2 Å². The first-order valence-electron chi connectivity index (χ1n) is 10.2. The van der Waals surface area contributed by atoms with Crippen molar-refractivity contribution in [1.82, 2.24) is 0 Å². The highest BCUT2D eigenvalue weighted by Gasteiger charge is 2.30. The van der Waals surface area contributed by atoms with Crippen molar-refractivity contribution in [2.24, 2.45) is 0 Å². The Morgan fingerprint density at radius 1 is 1.25 bits per heavy atom. The molecule has 10 heteroatoms. The maximum Gasteiger partial charge on any atom is 0.257 e. The van der Waals surface area contributed by atoms with E-state index in [0.717, 1.165) is 25.1 Å². The summed E-state index contributed by atoms with van der Waals surface area (Å²) in [6.45, 7) is 3.23. The molecule has 0 aliphatic carbocycles. The Balaban J connectivity index is 1.93. The van der Waals surface area contributed by atoms with Crippen molar-refractivity contribution in [2.75, 3.05) is 40.4 Å². The molecule has 3 rings (SSSR count). The number of anilines is 3. The Bertz CT molecular complexity index is 1180. The van der Waals surface area contributed by atoms with E-state index in [1.165, 1.54) is 16.4 Å². The third-order valence-corrected chi connectivity index (χ3v) is 7.91. The number of nitrogens with one attached hydrogen (secondary N) is 1. The van der Waals surface area contributed by atoms with Crippen LogP contribution in [0.25, 0.3) is 0 Å². The van der Waals surface area contributed by atoms with Crippen molar-refractivity contribution in [3.63, 3.8) is 0 Å². The van der Waals surface area contributed by atoms with E-state index in [0.29, 0.717) is 29.9 Å². The Hall–Kier alpha value is -2.47. The van der Waals surface area contributed by atoms with Crippen LogP contribution in [0.3, 0.4) is 0 Å². The first-order chi connectivity index (χ1) is 15.2. The van der Waals surface area contributed by atoms with Crippen LogP contribution in [0.4, 0.5) is 17.1 Å². The molecule has 7 nitrogen and oxygen atoms in total. The van der Waals surface area contributed by atoms with Gasteiger partial charge in [-0.15, -0.1) is 0 Å². The second-order valence-electron chi connectivity index (χ2n) is 7.64. The maximum atomic E-state index is 13.0. The zero-order valence-corrected chi connectivity index (χ0v) is 20.2. The number of sulfonamides is 1. The zero-order valence-electron chi connectivity index (χ0n) is 17.9. The van der Waals surface area contributed by atoms with Crippen LogP contribution in [0.15, 0.2) is 30.3 Å². The van der Waals surface area contributed by atoms with Crippen LogP contribution in [-0.2, 0) is 10.0 Å². The first-order valence-corrected chi connectivity index (χ1v) is 12.6. The maximum absolute atomic E-state index is 13.0. The van der Waals surface area contributed by atoms with Gasteiger partial charge in [-0.2, -0.15) is 5.26 Å². The molecular formula is C22H24Cl2N4O3S. The second-order valence-corrected chi connectivity index (χ2v) is 10.4. The van der Waals surface area contributed by atoms with Crippen molar-refractivity contribution in [3.8, 4) is 6.07 Å². The minimum absolute atomic E-state index is 0.0289. The lowest BCUT2D eigenvalue weighted by Crippen LogP contribution is -2.25. The van der Waals surface area contributed by atoms with Crippen LogP contribution in [0, 0.1) is 11.3 Å². The molecule has 0 spiro atoms. The monoisotopic (exact) mass is 494 g/mol. The van der Waals surface area contributed by atoms with Crippen LogP contribution in [0.2, 0.25) is 10.0 Å². The quantitative estimate of drug-likeness (QED) is 0.590. The molecule has 1 amide bonds. The largest absolute Gasteiger partial charge is 0.375 e. The summed E-state index contributed by atoms with van der Waals surface area (Å²) in [5.74, 6) is -0.503. The third kappa shape index (κ3) is 5.29. The number of halogens is 2. The van der Waals surface area contributed by atoms with Gasteiger partial charge in [0, 0.05) is 31.5 Å². The fourth-order valence-corrected chi connectivity index (χ4v) is 5.46. The highest BCUT2D eigenvalue weighted by atomic mass is 35.5. The molecule has 0 atom stereocenters. The van der Waals surface area contributed by atoms with Gasteiger partial charge in [0.2, 0.25) is 10.0 Å². The van der Waals surface area contributed by atoms with E-state index in [2.05, 4.69) is 18.3 Å². The highest BCUT2D eigenvalue weighted by molar-refractivity contribution is 7.93. The molecule has 1 N–H and O–H groups in total. The fourth-order valence-electron chi connectivity index (χ4n) is 3.50. The Morgan fingerprint density at radius 2 is 2.00 bits per heavy atom. The zero-order chi connectivity index (χ0) is 23.5. The molecule has 1 fully saturated rings. The average molecular weight is 495 g/mol. The van der Waals surface area contributed by atoms with Gasteiger partial charge in [-0.25, -0.2) is 8.42 Å². The summed E-state index contributed by atoms with van der Waals surface area (Å²) in [5, 5.41) is 12.3. The Kier molecular flexibility index (Phi) is 7.55. The molecule has 0 saturated carbocycles. The van der Waals surface area contributed by atoms with Gasteiger partial charge in [0.15, 0.2) is 0 Å². The number of benzene rings is 2. The molecule has 2 aromatic carbocycles. The normalized spacial score (nSPS) is 14.8. The van der Waals surface area contributed by atoms with Gasteiger partial charge in [0.1, 0.15) is 0 Å². The first kappa shape index (κ1) is 24.2. The lowest BCUT2D eigenvalue weighted by atomic mass is 10.1. The molecule has 1 heterocycles. The van der Waals surface area contributed by atoms with Gasteiger partial charge in [-0.3, -0.25) is 9.10 Å². The van der Waals surface area contributed by atoms with E-state index >= 15 is 0 Å². The summed E-state index contributed by atoms with van der Waals surface area (Å²) in [6, 6.07) is 10.1. The van der Waals surface area contributed by atoms with Crippen LogP contribution < -0.4 is 14.5 Å². The van der Waals surface area contributed by atoms with Crippen LogP contribution in [0.5, 0.6) is 0 Å². The number of rotatable bonds is 7. The van der Waals surface area contributed by atoms with E-state index < -0.39 is 15.9 Å². The van der Waals surface area contributed by atoms with E-state index in [4.69, 9.17) is 23.2 Å². The van der Waals surface area contributed by atoms with Crippen LogP contribution >= 0.6 is 23.2 Å². The molecule has 2 aromatic rings. The highest BCUT2D eigenvalue weighted by Crippen LogP contribution is 2.35. The smallest absolute Gasteiger partial charge is 0.257 e. The molecule has 0 bridgehead atoms. The number of carbonyl (C=O) groups is 1. The molecule has 32 heavy (non-hydrogen) atoms.